The fourth-order valence-corrected chi connectivity index (χ4v) is 3.86. The van der Waals surface area contributed by atoms with Crippen molar-refractivity contribution in [1.29, 1.82) is 5.26 Å². The first-order valence-corrected chi connectivity index (χ1v) is 8.01. The molecule has 0 radical (unpaired) electrons. The number of phenolic OH excluding ortho intramolecular Hbond substituents is 1. The Labute approximate surface area is 152 Å². The fourth-order valence-electron chi connectivity index (χ4n) is 3.86. The molecule has 27 heavy (non-hydrogen) atoms. The Morgan fingerprint density at radius 3 is 2.44 bits per heavy atom. The van der Waals surface area contributed by atoms with E-state index in [-0.39, 0.29) is 27.9 Å². The van der Waals surface area contributed by atoms with Crippen molar-refractivity contribution in [3.05, 3.63) is 51.8 Å². The highest BCUT2D eigenvalue weighted by molar-refractivity contribution is 6.29. The molecule has 0 bridgehead atoms. The minimum absolute atomic E-state index is 0.126. The molecule has 4 unspecified atom stereocenters. The summed E-state index contributed by atoms with van der Waals surface area (Å²) in [4.78, 5) is 26.0. The zero-order valence-corrected chi connectivity index (χ0v) is 13.9. The van der Waals surface area contributed by atoms with Crippen LogP contribution in [0.25, 0.3) is 0 Å². The van der Waals surface area contributed by atoms with Crippen LogP contribution in [-0.2, 0) is 0 Å². The van der Waals surface area contributed by atoms with Gasteiger partial charge in [0.2, 0.25) is 5.78 Å². The van der Waals surface area contributed by atoms with Gasteiger partial charge in [-0.1, -0.05) is 12.1 Å². The van der Waals surface area contributed by atoms with Crippen molar-refractivity contribution in [3.63, 3.8) is 0 Å². The molecule has 1 heterocycles. The molecule has 0 saturated carbocycles. The number of benzene rings is 1. The summed E-state index contributed by atoms with van der Waals surface area (Å²) in [5, 5.41) is 61.2. The number of aliphatic hydroxyl groups excluding tert-OH is 3. The molecule has 138 valence electrons. The normalized spacial score (nSPS) is 29.0. The van der Waals surface area contributed by atoms with Crippen LogP contribution in [0.4, 0.5) is 0 Å². The third-order valence-corrected chi connectivity index (χ3v) is 5.31. The molecule has 2 aliphatic carbocycles. The smallest absolute Gasteiger partial charge is 0.215 e. The number of hydrogen-bond donors (Lipinski definition) is 5. The predicted molar refractivity (Wildman–Crippen MR) is 87.0 cm³/mol. The number of nitriles is 1. The van der Waals surface area contributed by atoms with Gasteiger partial charge < -0.3 is 25.5 Å². The van der Waals surface area contributed by atoms with E-state index in [0.717, 1.165) is 6.92 Å². The zero-order valence-electron chi connectivity index (χ0n) is 13.9. The molecule has 2 aromatic rings. The maximum absolute atomic E-state index is 13.0. The fraction of sp³-hybridized carbons (Fsp3) is 0.278. The summed E-state index contributed by atoms with van der Waals surface area (Å²) >= 11 is 0. The maximum atomic E-state index is 13.0. The highest BCUT2D eigenvalue weighted by Crippen LogP contribution is 2.48. The number of aromatic nitrogens is 1. The van der Waals surface area contributed by atoms with Gasteiger partial charge in [-0.3, -0.25) is 9.59 Å². The van der Waals surface area contributed by atoms with Crippen molar-refractivity contribution in [2.75, 3.05) is 0 Å². The minimum Gasteiger partial charge on any atom is -0.507 e. The Hall–Kier alpha value is -3.03. The van der Waals surface area contributed by atoms with E-state index in [2.05, 4.69) is 0 Å². The number of phenols is 1. The Balaban J connectivity index is 2.13. The largest absolute Gasteiger partial charge is 0.507 e. The lowest BCUT2D eigenvalue weighted by Gasteiger charge is -2.41. The van der Waals surface area contributed by atoms with E-state index >= 15 is 0 Å². The van der Waals surface area contributed by atoms with Crippen molar-refractivity contribution in [1.82, 2.24) is 4.57 Å². The molecule has 1 aromatic heterocycles. The molecule has 0 fully saturated rings. The molecule has 5 N–H and O–H groups in total. The van der Waals surface area contributed by atoms with E-state index in [1.54, 1.807) is 6.19 Å². The molecule has 0 amide bonds. The van der Waals surface area contributed by atoms with Gasteiger partial charge in [0, 0.05) is 11.1 Å². The van der Waals surface area contributed by atoms with Gasteiger partial charge in [0.25, 0.3) is 0 Å². The standard InChI is InChI=1S/C18H14N2O7/c1-18(27)16(25)12-10(15(24)17(18)26)9-11(20(12)5-19)14(23)8-6(13(9)22)3-2-4-7(8)21/h2-4,15-17,21,24-27H,1H3. The monoisotopic (exact) mass is 370 g/mol. The average Bonchev–Trinajstić information content (AvgIpc) is 2.98. The zero-order chi connectivity index (χ0) is 19.8. The summed E-state index contributed by atoms with van der Waals surface area (Å²) in [6.45, 7) is 1.06. The van der Waals surface area contributed by atoms with Crippen molar-refractivity contribution in [3.8, 4) is 11.9 Å². The number of aromatic hydroxyl groups is 1. The molecular formula is C18H14N2O7. The molecular weight excluding hydrogens is 356 g/mol. The molecule has 2 aliphatic rings. The first kappa shape index (κ1) is 17.4. The number of rotatable bonds is 0. The number of hydrogen-bond acceptors (Lipinski definition) is 8. The minimum atomic E-state index is -2.23. The molecule has 9 nitrogen and oxygen atoms in total. The second-order valence-corrected chi connectivity index (χ2v) is 6.83. The van der Waals surface area contributed by atoms with E-state index in [0.29, 0.717) is 4.57 Å². The van der Waals surface area contributed by atoms with E-state index in [1.165, 1.54) is 18.2 Å². The van der Waals surface area contributed by atoms with Gasteiger partial charge in [0.05, 0.1) is 16.8 Å². The van der Waals surface area contributed by atoms with Crippen LogP contribution in [-0.4, -0.2) is 53.4 Å². The Bertz CT molecular complexity index is 1080. The Kier molecular flexibility index (Phi) is 3.38. The molecule has 4 rings (SSSR count). The third-order valence-electron chi connectivity index (χ3n) is 5.31. The summed E-state index contributed by atoms with van der Waals surface area (Å²) in [7, 11) is 0. The lowest BCUT2D eigenvalue weighted by atomic mass is 9.75. The van der Waals surface area contributed by atoms with Crippen molar-refractivity contribution >= 4 is 11.6 Å². The first-order valence-electron chi connectivity index (χ1n) is 8.01. The number of carbonyl (C=O) groups is 2. The highest BCUT2D eigenvalue weighted by Gasteiger charge is 2.54. The average molecular weight is 370 g/mol. The molecule has 0 spiro atoms. The number of fused-ring (bicyclic) bond motifs is 4. The second kappa shape index (κ2) is 5.25. The van der Waals surface area contributed by atoms with Crippen LogP contribution in [0.15, 0.2) is 18.2 Å². The number of aliphatic hydroxyl groups is 4. The van der Waals surface area contributed by atoms with Gasteiger partial charge in [0.1, 0.15) is 35.4 Å². The Morgan fingerprint density at radius 2 is 1.81 bits per heavy atom. The summed E-state index contributed by atoms with van der Waals surface area (Å²) in [6, 6.07) is 3.89. The summed E-state index contributed by atoms with van der Waals surface area (Å²) in [5.74, 6) is -2.05. The van der Waals surface area contributed by atoms with E-state index < -0.39 is 46.9 Å². The maximum Gasteiger partial charge on any atom is 0.215 e. The van der Waals surface area contributed by atoms with Gasteiger partial charge in [-0.15, -0.1) is 0 Å². The second-order valence-electron chi connectivity index (χ2n) is 6.83. The topological polar surface area (TPSA) is 164 Å². The molecule has 4 atom stereocenters. The first-order chi connectivity index (χ1) is 12.6. The predicted octanol–water partition coefficient (Wildman–Crippen LogP) is -0.509. The summed E-state index contributed by atoms with van der Waals surface area (Å²) in [6.07, 6.45) is -3.88. The lowest BCUT2D eigenvalue weighted by Crippen LogP contribution is -2.52. The van der Waals surface area contributed by atoms with Crippen LogP contribution in [0.2, 0.25) is 0 Å². The summed E-state index contributed by atoms with van der Waals surface area (Å²) < 4.78 is 0.661. The number of ketones is 2. The van der Waals surface area contributed by atoms with Crippen molar-refractivity contribution < 1.29 is 35.1 Å². The lowest BCUT2D eigenvalue weighted by molar-refractivity contribution is -0.183. The molecule has 1 aromatic carbocycles. The van der Waals surface area contributed by atoms with Crippen molar-refractivity contribution in [2.24, 2.45) is 0 Å². The third kappa shape index (κ3) is 1.90. The molecule has 9 heteroatoms. The van der Waals surface area contributed by atoms with Crippen LogP contribution in [0.1, 0.15) is 62.4 Å². The van der Waals surface area contributed by atoms with Crippen LogP contribution < -0.4 is 0 Å². The number of carbonyl (C=O) groups excluding carboxylic acids is 2. The summed E-state index contributed by atoms with van der Waals surface area (Å²) in [5.41, 5.74) is -4.07. The van der Waals surface area contributed by atoms with Gasteiger partial charge in [-0.2, -0.15) is 5.26 Å². The van der Waals surface area contributed by atoms with Crippen LogP contribution in [0, 0.1) is 11.5 Å². The molecule has 0 aliphatic heterocycles. The SMILES string of the molecule is CC1(O)C(O)c2c(c3c(n2C#N)C(=O)c2c(O)cccc2C3=O)C(O)C1O. The van der Waals surface area contributed by atoms with Gasteiger partial charge in [0.15, 0.2) is 12.0 Å². The van der Waals surface area contributed by atoms with Crippen LogP contribution in [0.3, 0.4) is 0 Å². The molecule has 0 saturated heterocycles. The van der Waals surface area contributed by atoms with Crippen LogP contribution in [0.5, 0.6) is 5.75 Å². The highest BCUT2D eigenvalue weighted by atomic mass is 16.4. The Morgan fingerprint density at radius 1 is 1.15 bits per heavy atom. The van der Waals surface area contributed by atoms with Gasteiger partial charge in [-0.25, -0.2) is 4.57 Å². The van der Waals surface area contributed by atoms with E-state index in [1.807, 2.05) is 0 Å². The van der Waals surface area contributed by atoms with E-state index in [9.17, 15) is 40.4 Å². The van der Waals surface area contributed by atoms with Crippen molar-refractivity contribution in [2.45, 2.75) is 30.8 Å². The number of nitrogens with zero attached hydrogens (tertiary/aromatic N) is 2. The van der Waals surface area contributed by atoms with E-state index in [4.69, 9.17) is 0 Å². The van der Waals surface area contributed by atoms with Gasteiger partial charge in [-0.05, 0) is 13.0 Å². The van der Waals surface area contributed by atoms with Gasteiger partial charge >= 0.3 is 0 Å². The van der Waals surface area contributed by atoms with Crippen LogP contribution >= 0.6 is 0 Å². The quantitative estimate of drug-likeness (QED) is 0.353.